The third-order valence-electron chi connectivity index (χ3n) is 4.60. The topological polar surface area (TPSA) is 125 Å². The Hall–Kier alpha value is -3.20. The Labute approximate surface area is 154 Å². The Morgan fingerprint density at radius 1 is 1.48 bits per heavy atom. The van der Waals surface area contributed by atoms with Gasteiger partial charge in [0.1, 0.15) is 12.0 Å². The van der Waals surface area contributed by atoms with Crippen LogP contribution in [0.2, 0.25) is 0 Å². The minimum absolute atomic E-state index is 0.00640. The first kappa shape index (κ1) is 17.2. The number of primary amides is 1. The fraction of sp³-hybridized carbons (Fsp3) is 0.333. The molecule has 0 aromatic carbocycles. The number of rotatable bonds is 7. The van der Waals surface area contributed by atoms with Crippen LogP contribution >= 0.6 is 0 Å². The maximum atomic E-state index is 12.8. The molecule has 1 saturated carbocycles. The maximum Gasteiger partial charge on any atom is 0.271 e. The molecule has 0 spiro atoms. The monoisotopic (exact) mass is 369 g/mol. The normalized spacial score (nSPS) is 15.0. The molecule has 0 aliphatic heterocycles. The number of amides is 2. The molecule has 140 valence electrons. The molecule has 3 aromatic heterocycles. The molecule has 1 aliphatic rings. The van der Waals surface area contributed by atoms with Crippen molar-refractivity contribution in [3.8, 4) is 11.5 Å². The first-order valence-electron chi connectivity index (χ1n) is 8.60. The van der Waals surface area contributed by atoms with Crippen LogP contribution in [-0.2, 0) is 4.74 Å². The minimum Gasteiger partial charge on any atom is -0.463 e. The average Bonchev–Trinajstić information content (AvgIpc) is 3.17. The number of hydrogen-bond acceptors (Lipinski definition) is 6. The summed E-state index contributed by atoms with van der Waals surface area (Å²) in [7, 11) is 1.60. The molecule has 1 aliphatic carbocycles. The smallest absolute Gasteiger partial charge is 0.271 e. The molecule has 0 saturated heterocycles. The van der Waals surface area contributed by atoms with Gasteiger partial charge in [-0.1, -0.05) is 0 Å². The van der Waals surface area contributed by atoms with E-state index in [1.54, 1.807) is 29.7 Å². The quantitative estimate of drug-likeness (QED) is 0.646. The summed E-state index contributed by atoms with van der Waals surface area (Å²) in [4.78, 5) is 32.9. The third-order valence-corrected chi connectivity index (χ3v) is 4.60. The maximum absolute atomic E-state index is 12.8. The number of nitrogens with two attached hydrogens (primary N) is 1. The van der Waals surface area contributed by atoms with Crippen molar-refractivity contribution in [3.63, 3.8) is 0 Å². The van der Waals surface area contributed by atoms with Crippen LogP contribution in [0.25, 0.3) is 17.1 Å². The zero-order valence-corrected chi connectivity index (χ0v) is 14.7. The first-order valence-corrected chi connectivity index (χ1v) is 8.60. The van der Waals surface area contributed by atoms with Gasteiger partial charge >= 0.3 is 0 Å². The summed E-state index contributed by atoms with van der Waals surface area (Å²) in [5, 5.41) is 2.97. The number of carbonyl (C=O) groups excluding carboxylic acids is 2. The lowest BCUT2D eigenvalue weighted by Gasteiger charge is -2.17. The Bertz CT molecular complexity index is 991. The fourth-order valence-electron chi connectivity index (χ4n) is 3.09. The van der Waals surface area contributed by atoms with Crippen molar-refractivity contribution in [2.45, 2.75) is 18.9 Å². The van der Waals surface area contributed by atoms with Gasteiger partial charge in [-0.05, 0) is 37.0 Å². The number of fused-ring (bicyclic) bond motifs is 1. The molecule has 0 radical (unpaired) electrons. The van der Waals surface area contributed by atoms with E-state index >= 15 is 0 Å². The van der Waals surface area contributed by atoms with E-state index in [9.17, 15) is 9.59 Å². The van der Waals surface area contributed by atoms with Crippen LogP contribution in [0.5, 0.6) is 0 Å². The van der Waals surface area contributed by atoms with E-state index in [0.717, 1.165) is 12.8 Å². The number of aromatic nitrogens is 3. The van der Waals surface area contributed by atoms with Gasteiger partial charge in [0.2, 0.25) is 0 Å². The summed E-state index contributed by atoms with van der Waals surface area (Å²) < 4.78 is 12.2. The van der Waals surface area contributed by atoms with Crippen molar-refractivity contribution in [1.82, 2.24) is 19.7 Å². The Morgan fingerprint density at radius 3 is 2.93 bits per heavy atom. The summed E-state index contributed by atoms with van der Waals surface area (Å²) in [5.41, 5.74) is 6.29. The summed E-state index contributed by atoms with van der Waals surface area (Å²) in [6.45, 7) is 0.433. The number of furan rings is 1. The lowest BCUT2D eigenvalue weighted by atomic mass is 10.2. The highest BCUT2D eigenvalue weighted by Gasteiger charge is 2.33. The van der Waals surface area contributed by atoms with Crippen LogP contribution in [0.4, 0.5) is 0 Å². The zero-order valence-electron chi connectivity index (χ0n) is 14.7. The number of carbonyl (C=O) groups is 2. The van der Waals surface area contributed by atoms with Gasteiger partial charge in [0, 0.05) is 7.11 Å². The molecular weight excluding hydrogens is 350 g/mol. The molecule has 9 nitrogen and oxygen atoms in total. The van der Waals surface area contributed by atoms with E-state index in [-0.39, 0.29) is 29.0 Å². The largest absolute Gasteiger partial charge is 0.463 e. The highest BCUT2D eigenvalue weighted by molar-refractivity contribution is 5.99. The second-order valence-electron chi connectivity index (χ2n) is 6.53. The average molecular weight is 369 g/mol. The van der Waals surface area contributed by atoms with E-state index in [1.165, 1.54) is 12.6 Å². The highest BCUT2D eigenvalue weighted by atomic mass is 16.5. The van der Waals surface area contributed by atoms with Crippen LogP contribution in [0.1, 0.15) is 33.8 Å². The van der Waals surface area contributed by atoms with Crippen LogP contribution in [-0.4, -0.2) is 45.9 Å². The molecule has 27 heavy (non-hydrogen) atoms. The standard InChI is InChI=1S/C18H19N5O4/c1-26-8-12(10-4-5-10)22-18(25)11-7-13(14-3-2-6-27-14)23-9-20-15(16(19)24)17(23)21-11/h2-3,6-7,9-10,12H,4-5,8H2,1H3,(H2,19,24)(H,22,25). The van der Waals surface area contributed by atoms with E-state index < -0.39 is 5.91 Å². The van der Waals surface area contributed by atoms with E-state index in [2.05, 4.69) is 15.3 Å². The van der Waals surface area contributed by atoms with Gasteiger partial charge in [-0.2, -0.15) is 0 Å². The van der Waals surface area contributed by atoms with Crippen LogP contribution in [0, 0.1) is 5.92 Å². The van der Waals surface area contributed by atoms with Crippen LogP contribution in [0.15, 0.2) is 35.2 Å². The van der Waals surface area contributed by atoms with Crippen molar-refractivity contribution in [1.29, 1.82) is 0 Å². The number of ether oxygens (including phenoxy) is 1. The highest BCUT2D eigenvalue weighted by Crippen LogP contribution is 2.33. The van der Waals surface area contributed by atoms with E-state index in [1.807, 2.05) is 0 Å². The van der Waals surface area contributed by atoms with Gasteiger partial charge in [-0.3, -0.25) is 14.0 Å². The second kappa shape index (κ2) is 6.84. The van der Waals surface area contributed by atoms with Crippen LogP contribution < -0.4 is 11.1 Å². The fourth-order valence-corrected chi connectivity index (χ4v) is 3.09. The molecule has 4 rings (SSSR count). The molecule has 1 unspecified atom stereocenters. The summed E-state index contributed by atoms with van der Waals surface area (Å²) in [6, 6.07) is 5.01. The van der Waals surface area contributed by atoms with Crippen molar-refractivity contribution < 1.29 is 18.7 Å². The Kier molecular flexibility index (Phi) is 4.36. The number of hydrogen-bond donors (Lipinski definition) is 2. The molecule has 9 heteroatoms. The van der Waals surface area contributed by atoms with Gasteiger partial charge in [0.25, 0.3) is 11.8 Å². The SMILES string of the molecule is COCC(NC(=O)c1cc(-c2ccco2)n2cnc(C(N)=O)c2n1)C1CC1. The minimum atomic E-state index is -0.719. The Balaban J connectivity index is 1.76. The number of methoxy groups -OCH3 is 1. The van der Waals surface area contributed by atoms with Crippen molar-refractivity contribution in [2.24, 2.45) is 11.7 Å². The van der Waals surface area contributed by atoms with Crippen molar-refractivity contribution >= 4 is 17.5 Å². The van der Waals surface area contributed by atoms with E-state index in [0.29, 0.717) is 24.0 Å². The van der Waals surface area contributed by atoms with Gasteiger partial charge in [-0.25, -0.2) is 9.97 Å². The number of nitrogens with zero attached hydrogens (tertiary/aromatic N) is 3. The van der Waals surface area contributed by atoms with Gasteiger partial charge in [0.05, 0.1) is 24.6 Å². The van der Waals surface area contributed by atoms with Crippen molar-refractivity contribution in [3.05, 3.63) is 42.2 Å². The molecule has 2 amide bonds. The molecule has 1 atom stereocenters. The van der Waals surface area contributed by atoms with Gasteiger partial charge in [0.15, 0.2) is 17.1 Å². The lowest BCUT2D eigenvalue weighted by molar-refractivity contribution is 0.0878. The molecule has 1 fully saturated rings. The number of imidazole rings is 1. The Morgan fingerprint density at radius 2 is 2.30 bits per heavy atom. The van der Waals surface area contributed by atoms with Crippen LogP contribution in [0.3, 0.4) is 0 Å². The van der Waals surface area contributed by atoms with Gasteiger partial charge < -0.3 is 20.2 Å². The van der Waals surface area contributed by atoms with Gasteiger partial charge in [-0.15, -0.1) is 0 Å². The molecular formula is C18H19N5O4. The number of nitrogens with one attached hydrogen (secondary N) is 1. The molecule has 0 bridgehead atoms. The second-order valence-corrected chi connectivity index (χ2v) is 6.53. The summed E-state index contributed by atoms with van der Waals surface area (Å²) >= 11 is 0. The third kappa shape index (κ3) is 3.28. The summed E-state index contributed by atoms with van der Waals surface area (Å²) in [5.74, 6) is -0.141. The van der Waals surface area contributed by atoms with E-state index in [4.69, 9.17) is 14.9 Å². The first-order chi connectivity index (χ1) is 13.1. The zero-order chi connectivity index (χ0) is 19.0. The summed E-state index contributed by atoms with van der Waals surface area (Å²) in [6.07, 6.45) is 5.08. The predicted octanol–water partition coefficient (Wildman–Crippen LogP) is 1.24. The molecule has 3 aromatic rings. The predicted molar refractivity (Wildman–Crippen MR) is 95.1 cm³/mol. The molecule has 3 heterocycles. The van der Waals surface area contributed by atoms with Crippen molar-refractivity contribution in [2.75, 3.05) is 13.7 Å². The molecule has 3 N–H and O–H groups in total. The lowest BCUT2D eigenvalue weighted by Crippen LogP contribution is -2.40.